The van der Waals surface area contributed by atoms with Gasteiger partial charge in [0.25, 0.3) is 5.91 Å². The summed E-state index contributed by atoms with van der Waals surface area (Å²) in [5.74, 6) is -2.13. The van der Waals surface area contributed by atoms with Crippen LogP contribution in [0.4, 0.5) is 24.5 Å². The fourth-order valence-corrected chi connectivity index (χ4v) is 3.23. The molecule has 3 aromatic rings. The predicted molar refractivity (Wildman–Crippen MR) is 120 cm³/mol. The lowest BCUT2D eigenvalue weighted by atomic mass is 10.1. The number of amides is 2. The zero-order chi connectivity index (χ0) is 24.9. The molecule has 0 aromatic heterocycles. The number of hydrogen-bond donors (Lipinski definition) is 2. The van der Waals surface area contributed by atoms with Gasteiger partial charge in [-0.1, -0.05) is 48.5 Å². The zero-order valence-corrected chi connectivity index (χ0v) is 18.3. The third-order valence-corrected chi connectivity index (χ3v) is 4.82. The Morgan fingerprint density at radius 2 is 1.56 bits per heavy atom. The minimum atomic E-state index is -4.59. The molecule has 0 saturated heterocycles. The van der Waals surface area contributed by atoms with Crippen molar-refractivity contribution in [2.24, 2.45) is 0 Å². The van der Waals surface area contributed by atoms with Crippen molar-refractivity contribution >= 4 is 29.2 Å². The molecule has 0 bridgehead atoms. The van der Waals surface area contributed by atoms with Crippen LogP contribution < -0.4 is 10.6 Å². The molecule has 0 radical (unpaired) electrons. The normalized spacial score (nSPS) is 11.9. The Kier molecular flexibility index (Phi) is 7.35. The monoisotopic (exact) mass is 470 g/mol. The van der Waals surface area contributed by atoms with Crippen LogP contribution in [-0.4, -0.2) is 17.8 Å². The Morgan fingerprint density at radius 1 is 0.882 bits per heavy atom. The molecule has 0 aliphatic carbocycles. The van der Waals surface area contributed by atoms with Crippen LogP contribution in [0.15, 0.2) is 72.8 Å². The van der Waals surface area contributed by atoms with Gasteiger partial charge in [-0.3, -0.25) is 9.59 Å². The highest BCUT2D eigenvalue weighted by atomic mass is 19.4. The minimum Gasteiger partial charge on any atom is -0.444 e. The number of anilines is 2. The number of benzene rings is 3. The molecule has 0 saturated carbocycles. The molecule has 0 aliphatic heterocycles. The number of aryl methyl sites for hydroxylation is 1. The van der Waals surface area contributed by atoms with E-state index >= 15 is 0 Å². The lowest BCUT2D eigenvalue weighted by Crippen LogP contribution is -2.26. The Labute approximate surface area is 193 Å². The van der Waals surface area contributed by atoms with Crippen molar-refractivity contribution in [3.05, 3.63) is 95.1 Å². The van der Waals surface area contributed by atoms with Crippen molar-refractivity contribution in [2.45, 2.75) is 26.1 Å². The first kappa shape index (κ1) is 24.5. The zero-order valence-electron chi connectivity index (χ0n) is 18.3. The number of carbonyl (C=O) groups is 3. The van der Waals surface area contributed by atoms with Gasteiger partial charge < -0.3 is 15.4 Å². The third kappa shape index (κ3) is 6.00. The summed E-state index contributed by atoms with van der Waals surface area (Å²) in [6.45, 7) is 2.98. The molecule has 176 valence electrons. The van der Waals surface area contributed by atoms with E-state index in [1.165, 1.54) is 19.1 Å². The topological polar surface area (TPSA) is 84.5 Å². The van der Waals surface area contributed by atoms with E-state index in [4.69, 9.17) is 4.74 Å². The van der Waals surface area contributed by atoms with E-state index in [1.54, 1.807) is 49.4 Å². The molecule has 0 aliphatic rings. The van der Waals surface area contributed by atoms with Crippen molar-refractivity contribution in [1.29, 1.82) is 0 Å². The Hall–Kier alpha value is -4.14. The SMILES string of the molecule is CC(=O)Nc1c(C)cccc1C(=O)OC(C(=O)Nc1cccc(C(F)(F)F)c1)c1ccccc1. The average molecular weight is 470 g/mol. The van der Waals surface area contributed by atoms with Crippen molar-refractivity contribution in [3.8, 4) is 0 Å². The van der Waals surface area contributed by atoms with Crippen molar-refractivity contribution in [3.63, 3.8) is 0 Å². The summed E-state index contributed by atoms with van der Waals surface area (Å²) < 4.78 is 44.6. The number of hydrogen-bond acceptors (Lipinski definition) is 4. The van der Waals surface area contributed by atoms with Gasteiger partial charge in [0.1, 0.15) is 0 Å². The fourth-order valence-electron chi connectivity index (χ4n) is 3.23. The molecule has 3 rings (SSSR count). The van der Waals surface area contributed by atoms with Gasteiger partial charge in [-0.05, 0) is 36.8 Å². The van der Waals surface area contributed by atoms with E-state index in [1.807, 2.05) is 0 Å². The van der Waals surface area contributed by atoms with Gasteiger partial charge in [0, 0.05) is 18.2 Å². The third-order valence-electron chi connectivity index (χ3n) is 4.82. The molecule has 1 atom stereocenters. The number of halogens is 3. The van der Waals surface area contributed by atoms with E-state index in [9.17, 15) is 27.6 Å². The van der Waals surface area contributed by atoms with E-state index in [0.717, 1.165) is 18.2 Å². The lowest BCUT2D eigenvalue weighted by Gasteiger charge is -2.20. The summed E-state index contributed by atoms with van der Waals surface area (Å²) in [6.07, 6.45) is -6.05. The molecule has 0 spiro atoms. The van der Waals surface area contributed by atoms with Gasteiger partial charge >= 0.3 is 12.1 Å². The number of ether oxygens (including phenoxy) is 1. The predicted octanol–water partition coefficient (Wildman–Crippen LogP) is 5.51. The quantitative estimate of drug-likeness (QED) is 0.466. The first-order chi connectivity index (χ1) is 16.1. The first-order valence-electron chi connectivity index (χ1n) is 10.2. The van der Waals surface area contributed by atoms with Crippen LogP contribution in [-0.2, 0) is 20.5 Å². The molecule has 2 amide bonds. The number of para-hydroxylation sites is 1. The average Bonchev–Trinajstić information content (AvgIpc) is 2.78. The van der Waals surface area contributed by atoms with Gasteiger partial charge in [0.05, 0.1) is 16.8 Å². The minimum absolute atomic E-state index is 0.0306. The number of alkyl halides is 3. The number of carbonyl (C=O) groups excluding carboxylic acids is 3. The highest BCUT2D eigenvalue weighted by molar-refractivity contribution is 6.03. The lowest BCUT2D eigenvalue weighted by molar-refractivity contribution is -0.137. The van der Waals surface area contributed by atoms with Crippen molar-refractivity contribution < 1.29 is 32.3 Å². The summed E-state index contributed by atoms with van der Waals surface area (Å²) in [4.78, 5) is 37.6. The molecular weight excluding hydrogens is 449 g/mol. The van der Waals surface area contributed by atoms with Gasteiger partial charge in [-0.2, -0.15) is 13.2 Å². The smallest absolute Gasteiger partial charge is 0.416 e. The van der Waals surface area contributed by atoms with E-state index in [2.05, 4.69) is 10.6 Å². The standard InChI is InChI=1S/C25H21F3N2O4/c1-15-8-6-13-20(21(15)29-16(2)31)24(33)34-22(17-9-4-3-5-10-17)23(32)30-19-12-7-11-18(14-19)25(26,27)28/h3-14,22H,1-2H3,(H,29,31)(H,30,32). The molecule has 6 nitrogen and oxygen atoms in total. The number of esters is 1. The molecule has 2 N–H and O–H groups in total. The summed E-state index contributed by atoms with van der Waals surface area (Å²) in [6, 6.07) is 16.9. The molecule has 0 heterocycles. The van der Waals surface area contributed by atoms with Crippen LogP contribution in [0.5, 0.6) is 0 Å². The highest BCUT2D eigenvalue weighted by Crippen LogP contribution is 2.31. The first-order valence-corrected chi connectivity index (χ1v) is 10.2. The fraction of sp³-hybridized carbons (Fsp3) is 0.160. The molecule has 3 aromatic carbocycles. The summed E-state index contributed by atoms with van der Waals surface area (Å²) in [5.41, 5.74) is 0.154. The van der Waals surface area contributed by atoms with Crippen LogP contribution in [0.25, 0.3) is 0 Å². The van der Waals surface area contributed by atoms with Gasteiger partial charge in [-0.15, -0.1) is 0 Å². The van der Waals surface area contributed by atoms with Crippen molar-refractivity contribution in [1.82, 2.24) is 0 Å². The Morgan fingerprint density at radius 3 is 2.21 bits per heavy atom. The molecule has 9 heteroatoms. The molecule has 34 heavy (non-hydrogen) atoms. The summed E-state index contributed by atoms with van der Waals surface area (Å²) in [5, 5.41) is 4.96. The second kappa shape index (κ2) is 10.2. The van der Waals surface area contributed by atoms with Crippen LogP contribution in [0, 0.1) is 6.92 Å². The van der Waals surface area contributed by atoms with Crippen molar-refractivity contribution in [2.75, 3.05) is 10.6 Å². The number of rotatable bonds is 6. The van der Waals surface area contributed by atoms with Gasteiger partial charge in [-0.25, -0.2) is 4.79 Å². The molecule has 0 fully saturated rings. The molecule has 1 unspecified atom stereocenters. The Bertz CT molecular complexity index is 1210. The number of nitrogens with one attached hydrogen (secondary N) is 2. The maximum Gasteiger partial charge on any atom is 0.416 e. The van der Waals surface area contributed by atoms with E-state index in [0.29, 0.717) is 11.1 Å². The van der Waals surface area contributed by atoms with Crippen LogP contribution in [0.2, 0.25) is 0 Å². The molecular formula is C25H21F3N2O4. The van der Waals surface area contributed by atoms with Crippen LogP contribution in [0.3, 0.4) is 0 Å². The van der Waals surface area contributed by atoms with Gasteiger partial charge in [0.15, 0.2) is 0 Å². The summed E-state index contributed by atoms with van der Waals surface area (Å²) in [7, 11) is 0. The summed E-state index contributed by atoms with van der Waals surface area (Å²) >= 11 is 0. The van der Waals surface area contributed by atoms with Gasteiger partial charge in [0.2, 0.25) is 12.0 Å². The van der Waals surface area contributed by atoms with E-state index < -0.39 is 35.6 Å². The second-order valence-electron chi connectivity index (χ2n) is 7.44. The maximum atomic E-state index is 13.0. The van der Waals surface area contributed by atoms with Crippen LogP contribution in [0.1, 0.15) is 40.1 Å². The maximum absolute atomic E-state index is 13.0. The second-order valence-corrected chi connectivity index (χ2v) is 7.44. The van der Waals surface area contributed by atoms with Crippen LogP contribution >= 0.6 is 0 Å². The Balaban J connectivity index is 1.92. The highest BCUT2D eigenvalue weighted by Gasteiger charge is 2.31. The van der Waals surface area contributed by atoms with E-state index in [-0.39, 0.29) is 16.9 Å². The largest absolute Gasteiger partial charge is 0.444 e.